The van der Waals surface area contributed by atoms with Gasteiger partial charge < -0.3 is 4.74 Å². The summed E-state index contributed by atoms with van der Waals surface area (Å²) in [5, 5.41) is -1.81. The monoisotopic (exact) mass is 166 g/mol. The lowest BCUT2D eigenvalue weighted by Crippen LogP contribution is -2.10. The molecule has 2 nitrogen and oxygen atoms in total. The molecule has 0 spiro atoms. The fraction of sp³-hybridized carbons (Fsp3) is 0.833. The van der Waals surface area contributed by atoms with Crippen LogP contribution in [0.3, 0.4) is 0 Å². The fourth-order valence-electron chi connectivity index (χ4n) is 0.712. The van der Waals surface area contributed by atoms with E-state index >= 15 is 0 Å². The number of esters is 1. The fourth-order valence-corrected chi connectivity index (χ4v) is 0.955. The van der Waals surface area contributed by atoms with E-state index in [-0.39, 0.29) is 13.0 Å². The number of rotatable bonds is 2. The topological polar surface area (TPSA) is 26.3 Å². The van der Waals surface area contributed by atoms with Crippen molar-refractivity contribution in [2.24, 2.45) is 5.92 Å². The highest BCUT2D eigenvalue weighted by atomic mass is 35.5. The van der Waals surface area contributed by atoms with E-state index in [9.17, 15) is 9.18 Å². The summed E-state index contributed by atoms with van der Waals surface area (Å²) >= 11 is 5.17. The summed E-state index contributed by atoms with van der Waals surface area (Å²) < 4.78 is 17.0. The van der Waals surface area contributed by atoms with E-state index in [1.165, 1.54) is 0 Å². The average Bonchev–Trinajstić information content (AvgIpc) is 2.41. The van der Waals surface area contributed by atoms with Crippen LogP contribution < -0.4 is 0 Å². The van der Waals surface area contributed by atoms with Gasteiger partial charge in [0, 0.05) is 6.42 Å². The van der Waals surface area contributed by atoms with E-state index in [0.29, 0.717) is 0 Å². The Hall–Kier alpha value is -0.310. The van der Waals surface area contributed by atoms with Crippen molar-refractivity contribution < 1.29 is 13.9 Å². The molecule has 1 fully saturated rings. The summed E-state index contributed by atoms with van der Waals surface area (Å²) in [6.07, 6.45) is 0.0907. The smallest absolute Gasteiger partial charge is 0.313 e. The minimum Gasteiger partial charge on any atom is -0.466 e. The maximum Gasteiger partial charge on any atom is 0.313 e. The maximum atomic E-state index is 12.5. The number of halogens is 2. The van der Waals surface area contributed by atoms with Crippen LogP contribution in [0.5, 0.6) is 0 Å². The van der Waals surface area contributed by atoms with Crippen LogP contribution in [0.2, 0.25) is 0 Å². The third-order valence-electron chi connectivity index (χ3n) is 1.40. The van der Waals surface area contributed by atoms with E-state index in [1.54, 1.807) is 6.92 Å². The van der Waals surface area contributed by atoms with Gasteiger partial charge >= 0.3 is 5.97 Å². The van der Waals surface area contributed by atoms with Crippen LogP contribution >= 0.6 is 11.6 Å². The molecular weight excluding hydrogens is 159 g/mol. The van der Waals surface area contributed by atoms with Crippen LogP contribution in [0.15, 0.2) is 0 Å². The molecule has 0 aromatic heterocycles. The van der Waals surface area contributed by atoms with Gasteiger partial charge in [-0.1, -0.05) is 11.6 Å². The van der Waals surface area contributed by atoms with Gasteiger partial charge in [-0.05, 0) is 6.92 Å². The molecular formula is C6H8ClFO2. The molecule has 0 heterocycles. The zero-order chi connectivity index (χ0) is 7.78. The van der Waals surface area contributed by atoms with Crippen molar-refractivity contribution in [3.8, 4) is 0 Å². The lowest BCUT2D eigenvalue weighted by atomic mass is 10.4. The van der Waals surface area contributed by atoms with E-state index < -0.39 is 17.0 Å². The highest BCUT2D eigenvalue weighted by Crippen LogP contribution is 2.51. The summed E-state index contributed by atoms with van der Waals surface area (Å²) in [6.45, 7) is 1.96. The molecule has 0 saturated heterocycles. The zero-order valence-electron chi connectivity index (χ0n) is 5.56. The van der Waals surface area contributed by atoms with Crippen molar-refractivity contribution >= 4 is 17.6 Å². The normalized spacial score (nSPS) is 37.3. The minimum absolute atomic E-state index is 0.0907. The zero-order valence-corrected chi connectivity index (χ0v) is 6.32. The van der Waals surface area contributed by atoms with Crippen molar-refractivity contribution in [2.75, 3.05) is 6.61 Å². The Morgan fingerprint density at radius 1 is 2.00 bits per heavy atom. The van der Waals surface area contributed by atoms with Crippen molar-refractivity contribution in [1.82, 2.24) is 0 Å². The molecule has 4 heteroatoms. The largest absolute Gasteiger partial charge is 0.466 e. The summed E-state index contributed by atoms with van der Waals surface area (Å²) in [5.41, 5.74) is 0. The molecule has 58 valence electrons. The van der Waals surface area contributed by atoms with Gasteiger partial charge in [0.1, 0.15) is 5.92 Å². The van der Waals surface area contributed by atoms with Crippen molar-refractivity contribution in [1.29, 1.82) is 0 Å². The first-order valence-electron chi connectivity index (χ1n) is 3.12. The standard InChI is InChI=1S/C6H8ClFO2/c1-2-10-5(9)4-3-6(4,7)8/h4H,2-3H2,1H3/t4-,6+/m0/s1. The Morgan fingerprint density at radius 3 is 2.80 bits per heavy atom. The first kappa shape index (κ1) is 7.79. The molecule has 0 bridgehead atoms. The first-order valence-corrected chi connectivity index (χ1v) is 3.50. The molecule has 0 aromatic rings. The maximum absolute atomic E-state index is 12.5. The molecule has 0 aromatic carbocycles. The quantitative estimate of drug-likeness (QED) is 0.459. The van der Waals surface area contributed by atoms with E-state index in [1.807, 2.05) is 0 Å². The minimum atomic E-state index is -1.81. The van der Waals surface area contributed by atoms with Crippen molar-refractivity contribution in [3.05, 3.63) is 0 Å². The molecule has 0 amide bonds. The second-order valence-electron chi connectivity index (χ2n) is 2.27. The molecule has 10 heavy (non-hydrogen) atoms. The lowest BCUT2D eigenvalue weighted by molar-refractivity contribution is -0.145. The Balaban J connectivity index is 2.33. The van der Waals surface area contributed by atoms with E-state index in [4.69, 9.17) is 11.6 Å². The Labute approximate surface area is 63.3 Å². The van der Waals surface area contributed by atoms with Crippen molar-refractivity contribution in [3.63, 3.8) is 0 Å². The Bertz CT molecular complexity index is 158. The van der Waals surface area contributed by atoms with Crippen LogP contribution in [0.1, 0.15) is 13.3 Å². The molecule has 1 aliphatic rings. The van der Waals surface area contributed by atoms with Gasteiger partial charge in [-0.25, -0.2) is 4.39 Å². The van der Waals surface area contributed by atoms with Gasteiger partial charge in [0.25, 0.3) is 0 Å². The summed E-state index contributed by atoms with van der Waals surface area (Å²) in [4.78, 5) is 10.7. The summed E-state index contributed by atoms with van der Waals surface area (Å²) in [7, 11) is 0. The SMILES string of the molecule is CCOC(=O)[C@@H]1C[C@]1(F)Cl. The lowest BCUT2D eigenvalue weighted by Gasteiger charge is -1.98. The van der Waals surface area contributed by atoms with Crippen LogP contribution in [-0.2, 0) is 9.53 Å². The van der Waals surface area contributed by atoms with Crippen LogP contribution in [0, 0.1) is 5.92 Å². The third kappa shape index (κ3) is 1.40. The molecule has 0 aliphatic heterocycles. The molecule has 1 rings (SSSR count). The molecule has 1 saturated carbocycles. The van der Waals surface area contributed by atoms with Crippen LogP contribution in [-0.4, -0.2) is 17.7 Å². The molecule has 2 atom stereocenters. The summed E-state index contributed by atoms with van der Waals surface area (Å²) in [6, 6.07) is 0. The van der Waals surface area contributed by atoms with Crippen LogP contribution in [0.4, 0.5) is 4.39 Å². The number of carbonyl (C=O) groups excluding carboxylic acids is 1. The van der Waals surface area contributed by atoms with Gasteiger partial charge in [0.15, 0.2) is 5.13 Å². The molecule has 0 unspecified atom stereocenters. The van der Waals surface area contributed by atoms with Gasteiger partial charge in [0.2, 0.25) is 0 Å². The number of ether oxygens (including phenoxy) is 1. The van der Waals surface area contributed by atoms with Crippen LogP contribution in [0.25, 0.3) is 0 Å². The van der Waals surface area contributed by atoms with Gasteiger partial charge in [-0.2, -0.15) is 0 Å². The predicted octanol–water partition coefficient (Wildman–Crippen LogP) is 1.47. The number of alkyl halides is 2. The summed E-state index contributed by atoms with van der Waals surface area (Å²) in [5.74, 6) is -1.26. The Kier molecular flexibility index (Phi) is 1.86. The van der Waals surface area contributed by atoms with Gasteiger partial charge in [-0.15, -0.1) is 0 Å². The third-order valence-corrected chi connectivity index (χ3v) is 1.81. The average molecular weight is 167 g/mol. The first-order chi connectivity index (χ1) is 4.58. The number of carbonyl (C=O) groups is 1. The van der Waals surface area contributed by atoms with Gasteiger partial charge in [0.05, 0.1) is 6.61 Å². The second-order valence-corrected chi connectivity index (χ2v) is 2.90. The molecule has 1 aliphatic carbocycles. The predicted molar refractivity (Wildman–Crippen MR) is 34.4 cm³/mol. The highest BCUT2D eigenvalue weighted by molar-refractivity contribution is 6.26. The second kappa shape index (κ2) is 2.38. The highest BCUT2D eigenvalue weighted by Gasteiger charge is 2.59. The number of hydrogen-bond donors (Lipinski definition) is 0. The van der Waals surface area contributed by atoms with E-state index in [2.05, 4.69) is 4.74 Å². The van der Waals surface area contributed by atoms with E-state index in [0.717, 1.165) is 0 Å². The van der Waals surface area contributed by atoms with Crippen molar-refractivity contribution in [2.45, 2.75) is 18.5 Å². The molecule has 0 N–H and O–H groups in total. The Morgan fingerprint density at radius 2 is 2.50 bits per heavy atom. The number of hydrogen-bond acceptors (Lipinski definition) is 2. The van der Waals surface area contributed by atoms with Gasteiger partial charge in [-0.3, -0.25) is 4.79 Å². The molecule has 0 radical (unpaired) electrons.